The molecule has 0 unspecified atom stereocenters. The van der Waals surface area contributed by atoms with Gasteiger partial charge in [-0.3, -0.25) is 9.59 Å². The van der Waals surface area contributed by atoms with Crippen molar-refractivity contribution in [1.29, 1.82) is 0 Å². The zero-order valence-corrected chi connectivity index (χ0v) is 18.0. The maximum atomic E-state index is 12.5. The summed E-state index contributed by atoms with van der Waals surface area (Å²) in [5.41, 5.74) is 3.08. The summed E-state index contributed by atoms with van der Waals surface area (Å²) in [6.07, 6.45) is 2.33. The minimum atomic E-state index is 0.0777. The highest BCUT2D eigenvalue weighted by Crippen LogP contribution is 2.16. The number of hydrogen-bond acceptors (Lipinski definition) is 5. The van der Waals surface area contributed by atoms with Crippen LogP contribution in [0.3, 0.4) is 0 Å². The summed E-state index contributed by atoms with van der Waals surface area (Å²) >= 11 is 1.37. The van der Waals surface area contributed by atoms with Gasteiger partial charge >= 0.3 is 0 Å². The van der Waals surface area contributed by atoms with E-state index in [1.807, 2.05) is 47.9 Å². The largest absolute Gasteiger partial charge is 0.339 e. The van der Waals surface area contributed by atoms with Crippen molar-refractivity contribution in [3.05, 3.63) is 53.3 Å². The van der Waals surface area contributed by atoms with E-state index < -0.39 is 0 Å². The Morgan fingerprint density at radius 2 is 1.52 bits per heavy atom. The van der Waals surface area contributed by atoms with E-state index >= 15 is 0 Å². The molecule has 3 rings (SSSR count). The van der Waals surface area contributed by atoms with Crippen molar-refractivity contribution in [2.75, 3.05) is 31.9 Å². The number of aromatic nitrogens is 2. The fraction of sp³-hybridized carbons (Fsp3) is 0.455. The molecule has 1 aromatic carbocycles. The predicted octanol–water partition coefficient (Wildman–Crippen LogP) is 2.88. The van der Waals surface area contributed by atoms with Gasteiger partial charge in [-0.2, -0.15) is 0 Å². The van der Waals surface area contributed by atoms with Crippen LogP contribution in [-0.2, 0) is 16.0 Å². The van der Waals surface area contributed by atoms with Crippen LogP contribution in [0, 0.1) is 13.8 Å². The van der Waals surface area contributed by atoms with Gasteiger partial charge in [-0.1, -0.05) is 42.1 Å². The molecule has 1 aliphatic rings. The molecular formula is C22H28N4O2S. The van der Waals surface area contributed by atoms with E-state index in [-0.39, 0.29) is 11.8 Å². The van der Waals surface area contributed by atoms with E-state index in [4.69, 9.17) is 0 Å². The first kappa shape index (κ1) is 21.3. The first-order valence-corrected chi connectivity index (χ1v) is 11.0. The summed E-state index contributed by atoms with van der Waals surface area (Å²) in [6.45, 7) is 6.27. The molecule has 0 aliphatic carbocycles. The van der Waals surface area contributed by atoms with Crippen LogP contribution >= 0.6 is 11.8 Å². The quantitative estimate of drug-likeness (QED) is 0.517. The molecule has 1 saturated heterocycles. The van der Waals surface area contributed by atoms with E-state index in [9.17, 15) is 9.59 Å². The lowest BCUT2D eigenvalue weighted by molar-refractivity contribution is -0.138. The van der Waals surface area contributed by atoms with Gasteiger partial charge in [0.25, 0.3) is 0 Å². The number of carbonyl (C=O) groups is 2. The molecule has 2 heterocycles. The van der Waals surface area contributed by atoms with E-state index in [1.54, 1.807) is 0 Å². The van der Waals surface area contributed by atoms with Gasteiger partial charge in [0.15, 0.2) is 5.16 Å². The molecule has 0 atom stereocenters. The molecule has 1 fully saturated rings. The number of aryl methyl sites for hydroxylation is 3. The number of nitrogens with zero attached hydrogens (tertiary/aromatic N) is 4. The molecule has 0 N–H and O–H groups in total. The topological polar surface area (TPSA) is 66.4 Å². The fourth-order valence-electron chi connectivity index (χ4n) is 3.43. The normalized spacial score (nSPS) is 14.1. The second-order valence-electron chi connectivity index (χ2n) is 7.32. The van der Waals surface area contributed by atoms with Crippen LogP contribution < -0.4 is 0 Å². The van der Waals surface area contributed by atoms with Crippen LogP contribution in [0.2, 0.25) is 0 Å². The second-order valence-corrected chi connectivity index (χ2v) is 8.27. The summed E-state index contributed by atoms with van der Waals surface area (Å²) in [5.74, 6) is 0.591. The fourth-order valence-corrected chi connectivity index (χ4v) is 4.28. The third-order valence-electron chi connectivity index (χ3n) is 4.97. The van der Waals surface area contributed by atoms with E-state index in [0.717, 1.165) is 24.2 Å². The Hall–Kier alpha value is -2.41. The average Bonchev–Trinajstić information content (AvgIpc) is 2.72. The number of amides is 2. The molecule has 0 spiro atoms. The van der Waals surface area contributed by atoms with Gasteiger partial charge in [0, 0.05) is 44.0 Å². The smallest absolute Gasteiger partial charge is 0.233 e. The number of hydrogen-bond donors (Lipinski definition) is 0. The van der Waals surface area contributed by atoms with Crippen molar-refractivity contribution in [3.8, 4) is 0 Å². The molecule has 6 nitrogen and oxygen atoms in total. The van der Waals surface area contributed by atoms with Crippen LogP contribution in [0.15, 0.2) is 41.6 Å². The van der Waals surface area contributed by atoms with Gasteiger partial charge in [0.05, 0.1) is 5.75 Å². The Morgan fingerprint density at radius 1 is 0.931 bits per heavy atom. The molecule has 1 aromatic heterocycles. The maximum Gasteiger partial charge on any atom is 0.233 e. The lowest BCUT2D eigenvalue weighted by atomic mass is 10.1. The molecule has 0 bridgehead atoms. The zero-order chi connectivity index (χ0) is 20.6. The highest BCUT2D eigenvalue weighted by Gasteiger charge is 2.24. The predicted molar refractivity (Wildman–Crippen MR) is 115 cm³/mol. The van der Waals surface area contributed by atoms with Crippen molar-refractivity contribution in [1.82, 2.24) is 19.8 Å². The van der Waals surface area contributed by atoms with E-state index in [0.29, 0.717) is 43.5 Å². The maximum absolute atomic E-state index is 12.5. The monoisotopic (exact) mass is 412 g/mol. The van der Waals surface area contributed by atoms with E-state index in [2.05, 4.69) is 22.1 Å². The molecule has 29 heavy (non-hydrogen) atoms. The third kappa shape index (κ3) is 6.56. The zero-order valence-electron chi connectivity index (χ0n) is 17.1. The van der Waals surface area contributed by atoms with Gasteiger partial charge in [0.1, 0.15) is 0 Å². The number of carbonyl (C=O) groups excluding carboxylic acids is 2. The first-order chi connectivity index (χ1) is 14.0. The van der Waals surface area contributed by atoms with Crippen molar-refractivity contribution >= 4 is 23.6 Å². The van der Waals surface area contributed by atoms with Crippen LogP contribution in [-0.4, -0.2) is 63.5 Å². The first-order valence-electron chi connectivity index (χ1n) is 10.1. The third-order valence-corrected chi connectivity index (χ3v) is 5.80. The summed E-state index contributed by atoms with van der Waals surface area (Å²) in [4.78, 5) is 37.4. The lowest BCUT2D eigenvalue weighted by Crippen LogP contribution is -2.51. The Bertz CT molecular complexity index is 816. The van der Waals surface area contributed by atoms with Crippen molar-refractivity contribution < 1.29 is 9.59 Å². The number of rotatable bonds is 7. The summed E-state index contributed by atoms with van der Waals surface area (Å²) in [6, 6.07) is 12.2. The second kappa shape index (κ2) is 10.4. The summed E-state index contributed by atoms with van der Waals surface area (Å²) in [7, 11) is 0. The highest BCUT2D eigenvalue weighted by atomic mass is 32.2. The van der Waals surface area contributed by atoms with Crippen LogP contribution in [0.1, 0.15) is 29.8 Å². The Kier molecular flexibility index (Phi) is 7.63. The minimum absolute atomic E-state index is 0.0777. The Balaban J connectivity index is 1.37. The molecule has 0 saturated carbocycles. The van der Waals surface area contributed by atoms with E-state index in [1.165, 1.54) is 17.3 Å². The summed E-state index contributed by atoms with van der Waals surface area (Å²) in [5, 5.41) is 0.642. The standard InChI is InChI=1S/C22H28N4O2S/c1-17-15-18(2)24-22(23-17)29-16-21(28)26-13-11-25(12-14-26)20(27)10-6-9-19-7-4-3-5-8-19/h3-5,7-8,15H,6,9-14,16H2,1-2H3. The molecule has 2 amide bonds. The molecule has 1 aliphatic heterocycles. The molecule has 154 valence electrons. The van der Waals surface area contributed by atoms with Crippen molar-refractivity contribution in [3.63, 3.8) is 0 Å². The SMILES string of the molecule is Cc1cc(C)nc(SCC(=O)N2CCN(C(=O)CCCc3ccccc3)CC2)n1. The van der Waals surface area contributed by atoms with Crippen LogP contribution in [0.5, 0.6) is 0 Å². The minimum Gasteiger partial charge on any atom is -0.339 e. The molecule has 0 radical (unpaired) electrons. The Morgan fingerprint density at radius 3 is 2.14 bits per heavy atom. The summed E-state index contributed by atoms with van der Waals surface area (Å²) < 4.78 is 0. The van der Waals surface area contributed by atoms with Gasteiger partial charge in [0.2, 0.25) is 11.8 Å². The number of thioether (sulfide) groups is 1. The van der Waals surface area contributed by atoms with Gasteiger partial charge in [-0.25, -0.2) is 9.97 Å². The molecular weight excluding hydrogens is 384 g/mol. The van der Waals surface area contributed by atoms with Crippen LogP contribution in [0.4, 0.5) is 0 Å². The van der Waals surface area contributed by atoms with Crippen molar-refractivity contribution in [2.45, 2.75) is 38.3 Å². The number of benzene rings is 1. The molecule has 2 aromatic rings. The van der Waals surface area contributed by atoms with Gasteiger partial charge in [-0.15, -0.1) is 0 Å². The van der Waals surface area contributed by atoms with Crippen molar-refractivity contribution in [2.24, 2.45) is 0 Å². The van der Waals surface area contributed by atoms with Crippen LogP contribution in [0.25, 0.3) is 0 Å². The van der Waals surface area contributed by atoms with Gasteiger partial charge in [-0.05, 0) is 38.3 Å². The number of piperazine rings is 1. The van der Waals surface area contributed by atoms with Gasteiger partial charge < -0.3 is 9.80 Å². The average molecular weight is 413 g/mol. The Labute approximate surface area is 176 Å². The molecule has 7 heteroatoms. The lowest BCUT2D eigenvalue weighted by Gasteiger charge is -2.34. The highest BCUT2D eigenvalue weighted by molar-refractivity contribution is 7.99.